The van der Waals surface area contributed by atoms with Gasteiger partial charge in [-0.15, -0.1) is 0 Å². The fourth-order valence-corrected chi connectivity index (χ4v) is 12.3. The predicted molar refractivity (Wildman–Crippen MR) is 391 cm³/mol. The minimum atomic E-state index is -1.97. The number of aliphatic hydroxyl groups excluding tert-OH is 4. The molecule has 4 aromatic rings. The van der Waals surface area contributed by atoms with Crippen LogP contribution in [0.3, 0.4) is 0 Å². The Balaban J connectivity index is 1.21. The molecule has 15 atom stereocenters. The number of hydrogen-bond donors (Lipinski definition) is 22. The van der Waals surface area contributed by atoms with Crippen molar-refractivity contribution in [3.63, 3.8) is 0 Å². The van der Waals surface area contributed by atoms with E-state index in [0.29, 0.717) is 17.5 Å². The van der Waals surface area contributed by atoms with Crippen LogP contribution in [0.1, 0.15) is 101 Å². The Bertz CT molecular complexity index is 3960. The van der Waals surface area contributed by atoms with E-state index in [1.54, 1.807) is 13.8 Å². The summed E-state index contributed by atoms with van der Waals surface area (Å²) >= 11 is 0. The zero-order valence-corrected chi connectivity index (χ0v) is 61.9. The van der Waals surface area contributed by atoms with Gasteiger partial charge in [0.25, 0.3) is 0 Å². The largest absolute Gasteiger partial charge is 0.508 e. The van der Waals surface area contributed by atoms with Gasteiger partial charge in [-0.1, -0.05) is 50.2 Å². The number of primary amides is 2. The fraction of sp³-hybridized carbons (Fsp3) is 0.500. The smallest absolute Gasteiger partial charge is 0.328 e. The van der Waals surface area contributed by atoms with E-state index in [-0.39, 0.29) is 79.6 Å². The topological polar surface area (TPSA) is 651 Å². The lowest BCUT2D eigenvalue weighted by Gasteiger charge is -2.34. The molecule has 2 saturated heterocycles. The first kappa shape index (κ1) is 89.0. The van der Waals surface area contributed by atoms with Gasteiger partial charge in [-0.3, -0.25) is 67.1 Å². The number of nitrogens with zero attached hydrogens (tertiary/aromatic N) is 3. The van der Waals surface area contributed by atoms with Gasteiger partial charge in [-0.2, -0.15) is 0 Å². The van der Waals surface area contributed by atoms with E-state index in [9.17, 15) is 113 Å². The molecule has 14 amide bonds. The van der Waals surface area contributed by atoms with Gasteiger partial charge < -0.3 is 126 Å². The summed E-state index contributed by atoms with van der Waals surface area (Å²) in [5, 5.41) is 106. The highest BCUT2D eigenvalue weighted by Crippen LogP contribution is 2.27. The molecule has 25 N–H and O–H groups in total. The number of aliphatic carboxylic acids is 1. The van der Waals surface area contributed by atoms with Crippen LogP contribution in [0.2, 0.25) is 0 Å². The number of aromatic hydroxyl groups is 3. The molecule has 2 fully saturated rings. The molecule has 112 heavy (non-hydrogen) atoms. The summed E-state index contributed by atoms with van der Waals surface area (Å²) in [7, 11) is 0. The zero-order valence-electron chi connectivity index (χ0n) is 61.9. The van der Waals surface area contributed by atoms with Crippen LogP contribution in [0.15, 0.2) is 85.3 Å². The molecule has 0 unspecified atom stereocenters. The SMILES string of the molecule is CC(C)[C@H](N)C(=O)N[C@@H](Cc1ccc(O)cc1)C(=O)N[C@@H](Cc1ccc(O)cc1)C(=O)N[C@@H](CO)C(=O)N[C@@H](CCC(N)=O)C(=O)N[C@@H](CCC(N)=O)C(=O)N[C@@H](Cc1cnc[nH]1)C(=O)N[C@@H](Cc1ccc(O)cc1)C(=O)N[C@@H](CO)C(=O)N[C@H](C(=O)N1CCC[C@H]1C(=O)N1CCC[C@H]1C(=O)N[C@H](C(=O)O)[C@@H](C)O)[C@@H](C)O. The summed E-state index contributed by atoms with van der Waals surface area (Å²) in [6.07, 6.45) is -3.95. The fourth-order valence-electron chi connectivity index (χ4n) is 12.3. The number of carboxylic acids is 1. The number of likely N-dealkylation sites (tertiary alicyclic amines) is 2. The van der Waals surface area contributed by atoms with Crippen molar-refractivity contribution in [2.24, 2.45) is 23.1 Å². The van der Waals surface area contributed by atoms with Crippen molar-refractivity contribution < 1.29 is 113 Å². The second kappa shape index (κ2) is 42.3. The van der Waals surface area contributed by atoms with Crippen molar-refractivity contribution in [1.82, 2.24) is 72.9 Å². The average molecular weight is 1570 g/mol. The number of carboxylic acid groups (broad SMARTS) is 1. The molecule has 0 spiro atoms. The Morgan fingerprint density at radius 2 is 0.812 bits per heavy atom. The number of imidazole rings is 1. The molecule has 6 rings (SSSR count). The second-order valence-corrected chi connectivity index (χ2v) is 27.7. The first-order valence-electron chi connectivity index (χ1n) is 36.1. The molecule has 610 valence electrons. The Kier molecular flexibility index (Phi) is 33.7. The first-order chi connectivity index (χ1) is 53.0. The van der Waals surface area contributed by atoms with E-state index in [1.165, 1.54) is 90.2 Å². The van der Waals surface area contributed by atoms with Gasteiger partial charge in [0.15, 0.2) is 6.04 Å². The van der Waals surface area contributed by atoms with Crippen molar-refractivity contribution in [3.05, 3.63) is 108 Å². The number of carbonyl (C=O) groups excluding carboxylic acids is 14. The monoisotopic (exact) mass is 1570 g/mol. The number of aliphatic hydroxyl groups is 4. The van der Waals surface area contributed by atoms with E-state index in [2.05, 4.69) is 63.1 Å². The highest BCUT2D eigenvalue weighted by atomic mass is 16.4. The summed E-state index contributed by atoms with van der Waals surface area (Å²) in [6, 6.07) is -5.09. The third-order valence-corrected chi connectivity index (χ3v) is 18.7. The standard InChI is InChI=1S/C72H99N17O23/c1-35(2)57(75)69(108)83-49(29-40-13-19-44(96)20-14-40)62(101)80-47(27-38-9-15-42(94)16-10-38)63(102)84-51(32-90)66(105)79-45(21-23-55(73)97)60(99)78-46(22-24-56(74)98)61(100)82-50(30-41-31-76-34-77-41)65(104)81-48(28-39-11-17-43(95)18-12-39)64(103)85-52(33-91)67(106)86-58(36(3)92)71(110)89-26-6-8-54(89)70(109)88-25-5-7-53(88)68(107)87-59(37(4)93)72(111)112/h9-20,31,34-37,45-54,57-59,90-96H,5-8,21-30,32-33,75H2,1-4H3,(H2,73,97)(H2,74,98)(H,76,77)(H,78,99)(H,79,105)(H,80,101)(H,81,104)(H,82,100)(H,83,108)(H,84,102)(H,85,103)(H,86,106)(H,87,107)(H,111,112)/t36-,37-,45+,46+,47+,48+,49+,50+,51+,52+,53+,54+,57+,58+,59+/m1/s1. The number of H-pyrrole nitrogens is 1. The number of carbonyl (C=O) groups is 15. The Labute approximate surface area is 641 Å². The van der Waals surface area contributed by atoms with Crippen molar-refractivity contribution in [1.29, 1.82) is 0 Å². The van der Waals surface area contributed by atoms with Crippen LogP contribution in [0, 0.1) is 5.92 Å². The van der Waals surface area contributed by atoms with Crippen LogP contribution in [0.25, 0.3) is 0 Å². The van der Waals surface area contributed by atoms with E-state index < -0.39 is 231 Å². The van der Waals surface area contributed by atoms with Crippen LogP contribution in [0.4, 0.5) is 0 Å². The van der Waals surface area contributed by atoms with E-state index in [0.717, 1.165) is 18.7 Å². The molecule has 0 saturated carbocycles. The predicted octanol–water partition coefficient (Wildman–Crippen LogP) is -7.03. The molecular formula is C72H99N17O23. The number of phenolic OH excluding ortho intramolecular Hbond substituents is 3. The Hall–Kier alpha value is -11.9. The van der Waals surface area contributed by atoms with E-state index in [1.807, 2.05) is 0 Å². The Morgan fingerprint density at radius 1 is 0.464 bits per heavy atom. The molecule has 3 heterocycles. The van der Waals surface area contributed by atoms with Crippen LogP contribution >= 0.6 is 0 Å². The summed E-state index contributed by atoms with van der Waals surface area (Å²) in [4.78, 5) is 216. The van der Waals surface area contributed by atoms with Crippen molar-refractivity contribution >= 4 is 88.7 Å². The molecule has 0 bridgehead atoms. The summed E-state index contributed by atoms with van der Waals surface area (Å²) < 4.78 is 0. The van der Waals surface area contributed by atoms with Crippen LogP contribution in [-0.4, -0.2) is 266 Å². The molecule has 3 aromatic carbocycles. The molecule has 2 aliphatic rings. The molecule has 40 nitrogen and oxygen atoms in total. The number of amides is 14. The quantitative estimate of drug-likeness (QED) is 0.0196. The zero-order chi connectivity index (χ0) is 82.8. The molecule has 0 aliphatic carbocycles. The minimum Gasteiger partial charge on any atom is -0.508 e. The first-order valence-corrected chi connectivity index (χ1v) is 36.1. The summed E-state index contributed by atoms with van der Waals surface area (Å²) in [5.41, 5.74) is 18.3. The molecule has 2 aliphatic heterocycles. The molecular weight excluding hydrogens is 1470 g/mol. The lowest BCUT2D eigenvalue weighted by Crippen LogP contribution is -2.62. The number of benzene rings is 3. The van der Waals surface area contributed by atoms with Crippen LogP contribution in [-0.2, 0) is 97.6 Å². The van der Waals surface area contributed by atoms with Gasteiger partial charge in [-0.05, 0) is 111 Å². The number of rotatable bonds is 42. The number of hydrogen-bond acceptors (Lipinski definition) is 24. The van der Waals surface area contributed by atoms with Gasteiger partial charge in [0, 0.05) is 63.5 Å². The Morgan fingerprint density at radius 3 is 1.18 bits per heavy atom. The lowest BCUT2D eigenvalue weighted by molar-refractivity contribution is -0.150. The highest BCUT2D eigenvalue weighted by molar-refractivity contribution is 6.00. The maximum absolute atomic E-state index is 14.8. The number of aromatic amines is 1. The van der Waals surface area contributed by atoms with Crippen LogP contribution < -0.4 is 70.4 Å². The molecule has 0 radical (unpaired) electrons. The minimum absolute atomic E-state index is 0.0358. The maximum Gasteiger partial charge on any atom is 0.328 e. The number of nitrogens with two attached hydrogens (primary N) is 3. The highest BCUT2D eigenvalue weighted by Gasteiger charge is 2.46. The molecule has 40 heteroatoms. The average Bonchev–Trinajstić information content (AvgIpc) is 1.63. The van der Waals surface area contributed by atoms with E-state index in [4.69, 9.17) is 17.2 Å². The van der Waals surface area contributed by atoms with Crippen molar-refractivity contribution in [3.8, 4) is 17.2 Å². The third kappa shape index (κ3) is 26.4. The van der Waals surface area contributed by atoms with Crippen molar-refractivity contribution in [2.75, 3.05) is 26.3 Å². The van der Waals surface area contributed by atoms with Gasteiger partial charge in [0.2, 0.25) is 82.7 Å². The third-order valence-electron chi connectivity index (χ3n) is 18.7. The van der Waals surface area contributed by atoms with Gasteiger partial charge >= 0.3 is 5.97 Å². The van der Waals surface area contributed by atoms with E-state index >= 15 is 0 Å². The normalized spacial score (nSPS) is 17.4. The number of phenols is 3. The van der Waals surface area contributed by atoms with Crippen LogP contribution in [0.5, 0.6) is 17.2 Å². The molecule has 1 aromatic heterocycles. The lowest BCUT2D eigenvalue weighted by atomic mass is 10.0. The summed E-state index contributed by atoms with van der Waals surface area (Å²) in [5.74, 6) is -17.1. The second-order valence-electron chi connectivity index (χ2n) is 27.7. The van der Waals surface area contributed by atoms with Gasteiger partial charge in [-0.25, -0.2) is 9.78 Å². The number of aromatic nitrogens is 2. The van der Waals surface area contributed by atoms with Gasteiger partial charge in [0.1, 0.15) is 83.7 Å². The number of nitrogens with one attached hydrogen (secondary N) is 11. The maximum atomic E-state index is 14.8. The summed E-state index contributed by atoms with van der Waals surface area (Å²) in [6.45, 7) is 3.21. The van der Waals surface area contributed by atoms with Gasteiger partial charge in [0.05, 0.1) is 37.8 Å². The van der Waals surface area contributed by atoms with Crippen molar-refractivity contribution in [2.45, 2.75) is 195 Å².